The molecule has 0 aliphatic carbocycles. The van der Waals surface area contributed by atoms with E-state index in [4.69, 9.17) is 0 Å². The lowest BCUT2D eigenvalue weighted by atomic mass is 9.96. The van der Waals surface area contributed by atoms with Crippen LogP contribution >= 0.6 is 24.0 Å². The van der Waals surface area contributed by atoms with Crippen LogP contribution in [0, 0.1) is 5.92 Å². The van der Waals surface area contributed by atoms with Gasteiger partial charge >= 0.3 is 0 Å². The Morgan fingerprint density at radius 3 is 2.39 bits per heavy atom. The number of guanidine groups is 1. The summed E-state index contributed by atoms with van der Waals surface area (Å²) in [6, 6.07) is 21.0. The Balaban J connectivity index is 0.00000341. The minimum absolute atomic E-state index is 0. The second-order valence-corrected chi connectivity index (χ2v) is 8.58. The normalized spacial score (nSPS) is 21.2. The molecule has 0 aromatic heterocycles. The van der Waals surface area contributed by atoms with E-state index in [1.54, 1.807) is 0 Å². The molecule has 170 valence electrons. The maximum absolute atomic E-state index is 10.8. The summed E-state index contributed by atoms with van der Waals surface area (Å²) in [7, 11) is 0. The maximum Gasteiger partial charge on any atom is 0.191 e. The molecule has 0 saturated carbocycles. The number of aliphatic imine (C=N–C) groups is 1. The van der Waals surface area contributed by atoms with Crippen LogP contribution < -0.4 is 10.6 Å². The standard InChI is InChI=1S/C25H36N4O.HI/c1-4-26-24(28-19-25(3,30)23-13-9-6-10-14-23)27-16-22-15-20(2)29(18-22)17-21-11-7-5-8-12-21;/h5-14,20,22,30H,4,15-19H2,1-3H3,(H2,26,27,28);1H. The van der Waals surface area contributed by atoms with E-state index < -0.39 is 5.60 Å². The van der Waals surface area contributed by atoms with Gasteiger partial charge in [-0.3, -0.25) is 4.90 Å². The predicted molar refractivity (Wildman–Crippen MR) is 140 cm³/mol. The second kappa shape index (κ2) is 12.4. The molecule has 31 heavy (non-hydrogen) atoms. The van der Waals surface area contributed by atoms with Crippen LogP contribution in [0.4, 0.5) is 0 Å². The highest BCUT2D eigenvalue weighted by Gasteiger charge is 2.29. The van der Waals surface area contributed by atoms with Gasteiger partial charge < -0.3 is 15.7 Å². The zero-order chi connectivity index (χ0) is 21.4. The van der Waals surface area contributed by atoms with Gasteiger partial charge in [0.2, 0.25) is 0 Å². The van der Waals surface area contributed by atoms with Crippen molar-refractivity contribution < 1.29 is 5.11 Å². The van der Waals surface area contributed by atoms with Crippen LogP contribution in [0.1, 0.15) is 38.3 Å². The maximum atomic E-state index is 10.8. The average Bonchev–Trinajstić information content (AvgIpc) is 3.10. The van der Waals surface area contributed by atoms with Gasteiger partial charge in [-0.25, -0.2) is 4.99 Å². The van der Waals surface area contributed by atoms with Crippen LogP contribution in [0.25, 0.3) is 0 Å². The quantitative estimate of drug-likeness (QED) is 0.272. The van der Waals surface area contributed by atoms with Crippen LogP contribution in [-0.4, -0.2) is 48.2 Å². The Labute approximate surface area is 204 Å². The number of nitrogens with zero attached hydrogens (tertiary/aromatic N) is 2. The van der Waals surface area contributed by atoms with E-state index in [1.807, 2.05) is 37.3 Å². The minimum Gasteiger partial charge on any atom is -0.384 e. The van der Waals surface area contributed by atoms with E-state index in [0.29, 0.717) is 18.5 Å². The van der Waals surface area contributed by atoms with E-state index in [0.717, 1.165) is 37.7 Å². The molecule has 1 aliphatic heterocycles. The molecule has 2 aromatic carbocycles. The summed E-state index contributed by atoms with van der Waals surface area (Å²) in [5.74, 6) is 1.35. The predicted octanol–water partition coefficient (Wildman–Crippen LogP) is 3.98. The van der Waals surface area contributed by atoms with Crippen LogP contribution in [-0.2, 0) is 12.1 Å². The third-order valence-electron chi connectivity index (χ3n) is 5.86. The van der Waals surface area contributed by atoms with E-state index in [2.05, 4.69) is 64.7 Å². The van der Waals surface area contributed by atoms with Gasteiger partial charge in [0, 0.05) is 32.2 Å². The lowest BCUT2D eigenvalue weighted by Crippen LogP contribution is -2.41. The number of likely N-dealkylation sites (tertiary alicyclic amines) is 1. The number of hydrogen-bond donors (Lipinski definition) is 3. The molecule has 1 saturated heterocycles. The highest BCUT2D eigenvalue weighted by atomic mass is 127. The van der Waals surface area contributed by atoms with Crippen molar-refractivity contribution in [1.29, 1.82) is 0 Å². The molecule has 0 spiro atoms. The van der Waals surface area contributed by atoms with Gasteiger partial charge in [0.05, 0.1) is 6.54 Å². The van der Waals surface area contributed by atoms with Crippen molar-refractivity contribution in [2.75, 3.05) is 26.2 Å². The fourth-order valence-electron chi connectivity index (χ4n) is 4.11. The van der Waals surface area contributed by atoms with Crippen molar-refractivity contribution >= 4 is 29.9 Å². The molecule has 0 amide bonds. The Kier molecular flexibility index (Phi) is 10.3. The summed E-state index contributed by atoms with van der Waals surface area (Å²) >= 11 is 0. The summed E-state index contributed by atoms with van der Waals surface area (Å²) in [4.78, 5) is 7.22. The number of aliphatic hydroxyl groups is 1. The topological polar surface area (TPSA) is 59.9 Å². The first-order valence-corrected chi connectivity index (χ1v) is 11.1. The second-order valence-electron chi connectivity index (χ2n) is 8.58. The molecule has 1 aliphatic rings. The van der Waals surface area contributed by atoms with Crippen molar-refractivity contribution in [3.63, 3.8) is 0 Å². The van der Waals surface area contributed by atoms with Gasteiger partial charge in [-0.05, 0) is 44.2 Å². The molecule has 0 radical (unpaired) electrons. The molecule has 1 fully saturated rings. The number of hydrogen-bond acceptors (Lipinski definition) is 3. The van der Waals surface area contributed by atoms with Gasteiger partial charge in [-0.15, -0.1) is 24.0 Å². The fourth-order valence-corrected chi connectivity index (χ4v) is 4.11. The van der Waals surface area contributed by atoms with Crippen molar-refractivity contribution in [3.05, 3.63) is 71.8 Å². The number of benzene rings is 2. The van der Waals surface area contributed by atoms with Gasteiger partial charge in [0.1, 0.15) is 5.60 Å². The van der Waals surface area contributed by atoms with Gasteiger partial charge in [0.25, 0.3) is 0 Å². The molecule has 5 nitrogen and oxygen atoms in total. The Bertz CT molecular complexity index is 798. The lowest BCUT2D eigenvalue weighted by molar-refractivity contribution is 0.0672. The van der Waals surface area contributed by atoms with Crippen LogP contribution in [0.2, 0.25) is 0 Å². The molecule has 3 unspecified atom stereocenters. The highest BCUT2D eigenvalue weighted by Crippen LogP contribution is 2.24. The summed E-state index contributed by atoms with van der Waals surface area (Å²) in [6.45, 7) is 10.3. The van der Waals surface area contributed by atoms with Crippen molar-refractivity contribution in [3.8, 4) is 0 Å². The summed E-state index contributed by atoms with van der Waals surface area (Å²) in [5, 5.41) is 17.6. The molecule has 3 N–H and O–H groups in total. The fraction of sp³-hybridized carbons (Fsp3) is 0.480. The minimum atomic E-state index is -0.988. The Morgan fingerprint density at radius 2 is 1.74 bits per heavy atom. The third-order valence-corrected chi connectivity index (χ3v) is 5.86. The first kappa shape index (κ1) is 25.6. The molecular formula is C25H37IN4O. The van der Waals surface area contributed by atoms with Crippen molar-refractivity contribution in [2.24, 2.45) is 10.9 Å². The van der Waals surface area contributed by atoms with Crippen LogP contribution in [0.15, 0.2) is 65.7 Å². The molecule has 1 heterocycles. The zero-order valence-electron chi connectivity index (χ0n) is 18.9. The number of rotatable bonds is 8. The Hall–Kier alpha value is -1.64. The lowest BCUT2D eigenvalue weighted by Gasteiger charge is -2.23. The largest absolute Gasteiger partial charge is 0.384 e. The average molecular weight is 537 g/mol. The van der Waals surface area contributed by atoms with Crippen LogP contribution in [0.5, 0.6) is 0 Å². The van der Waals surface area contributed by atoms with Gasteiger partial charge in [-0.2, -0.15) is 0 Å². The molecule has 6 heteroatoms. The first-order chi connectivity index (χ1) is 14.5. The zero-order valence-corrected chi connectivity index (χ0v) is 21.3. The molecule has 0 bridgehead atoms. The third kappa shape index (κ3) is 7.77. The Morgan fingerprint density at radius 1 is 1.10 bits per heavy atom. The van der Waals surface area contributed by atoms with Crippen molar-refractivity contribution in [1.82, 2.24) is 15.5 Å². The van der Waals surface area contributed by atoms with E-state index in [1.165, 1.54) is 12.0 Å². The first-order valence-electron chi connectivity index (χ1n) is 11.1. The van der Waals surface area contributed by atoms with Gasteiger partial charge in [-0.1, -0.05) is 60.7 Å². The van der Waals surface area contributed by atoms with E-state index >= 15 is 0 Å². The summed E-state index contributed by atoms with van der Waals surface area (Å²) < 4.78 is 0. The molecular weight excluding hydrogens is 499 g/mol. The molecule has 3 rings (SSSR count). The summed E-state index contributed by atoms with van der Waals surface area (Å²) in [6.07, 6.45) is 1.18. The van der Waals surface area contributed by atoms with E-state index in [9.17, 15) is 5.11 Å². The molecule has 2 aromatic rings. The van der Waals surface area contributed by atoms with Crippen molar-refractivity contribution in [2.45, 2.75) is 45.4 Å². The number of nitrogens with one attached hydrogen (secondary N) is 2. The van der Waals surface area contributed by atoms with E-state index in [-0.39, 0.29) is 24.0 Å². The smallest absolute Gasteiger partial charge is 0.191 e. The molecule has 3 atom stereocenters. The summed E-state index contributed by atoms with van der Waals surface area (Å²) in [5.41, 5.74) is 1.26. The number of halogens is 1. The van der Waals surface area contributed by atoms with Crippen LogP contribution in [0.3, 0.4) is 0 Å². The monoisotopic (exact) mass is 536 g/mol. The highest BCUT2D eigenvalue weighted by molar-refractivity contribution is 14.0. The van der Waals surface area contributed by atoms with Gasteiger partial charge in [0.15, 0.2) is 5.96 Å². The SMILES string of the molecule is CCNC(=NCC(C)(O)c1ccccc1)NCC1CC(C)N(Cc2ccccc2)C1.I.